The molecule has 2 N–H and O–H groups in total. The van der Waals surface area contributed by atoms with Crippen LogP contribution in [0.5, 0.6) is 0 Å². The first-order chi connectivity index (χ1) is 11.4. The summed E-state index contributed by atoms with van der Waals surface area (Å²) in [7, 11) is 0. The molecule has 11 heteroatoms. The van der Waals surface area contributed by atoms with Gasteiger partial charge >= 0.3 is 0 Å². The third kappa shape index (κ3) is 3.97. The molecule has 0 unspecified atom stereocenters. The van der Waals surface area contributed by atoms with E-state index in [9.17, 15) is 18.9 Å². The van der Waals surface area contributed by atoms with Gasteiger partial charge in [-0.05, 0) is 43.8 Å². The molecule has 1 heterocycles. The molecule has 1 aliphatic rings. The number of nitrogens with one attached hydrogen (secondary N) is 2. The van der Waals surface area contributed by atoms with E-state index in [0.29, 0.717) is 11.3 Å². The highest BCUT2D eigenvalue weighted by molar-refractivity contribution is 7.97. The summed E-state index contributed by atoms with van der Waals surface area (Å²) in [5.41, 5.74) is 0.126. The van der Waals surface area contributed by atoms with E-state index >= 15 is 0 Å². The molecule has 0 bridgehead atoms. The first-order valence-electron chi connectivity index (χ1n) is 6.97. The zero-order valence-electron chi connectivity index (χ0n) is 12.5. The molecule has 128 valence electrons. The van der Waals surface area contributed by atoms with E-state index in [1.807, 2.05) is 0 Å². The molecule has 7 nitrogen and oxygen atoms in total. The van der Waals surface area contributed by atoms with Gasteiger partial charge in [0.15, 0.2) is 5.01 Å². The van der Waals surface area contributed by atoms with Crippen LogP contribution in [0.3, 0.4) is 0 Å². The number of benzene rings is 1. The van der Waals surface area contributed by atoms with Crippen molar-refractivity contribution in [3.63, 3.8) is 0 Å². The number of aromatic nitrogens is 2. The number of nitro groups is 1. The number of nitro benzene ring substituents is 1. The number of hydrogen-bond acceptors (Lipinski definition) is 8. The smallest absolute Gasteiger partial charge is 0.292 e. The molecule has 1 saturated carbocycles. The summed E-state index contributed by atoms with van der Waals surface area (Å²) in [5.74, 6) is 0. The van der Waals surface area contributed by atoms with Gasteiger partial charge in [-0.1, -0.05) is 11.3 Å². The fourth-order valence-electron chi connectivity index (χ4n) is 1.80. The minimum atomic E-state index is -2.72. The van der Waals surface area contributed by atoms with Gasteiger partial charge in [-0.3, -0.25) is 14.8 Å². The van der Waals surface area contributed by atoms with E-state index < -0.39 is 16.4 Å². The predicted octanol–water partition coefficient (Wildman–Crippen LogP) is 4.28. The largest absolute Gasteiger partial charge is 0.324 e. The summed E-state index contributed by atoms with van der Waals surface area (Å²) >= 11 is 2.04. The van der Waals surface area contributed by atoms with Crippen LogP contribution in [-0.2, 0) is 0 Å². The molecule has 0 aliphatic heterocycles. The summed E-state index contributed by atoms with van der Waals surface area (Å²) in [6.07, 6.45) is -0.558. The second-order valence-corrected chi connectivity index (χ2v) is 7.46. The zero-order valence-corrected chi connectivity index (χ0v) is 14.1. The van der Waals surface area contributed by atoms with Gasteiger partial charge < -0.3 is 5.32 Å². The Morgan fingerprint density at radius 2 is 2.17 bits per heavy atom. The van der Waals surface area contributed by atoms with E-state index in [4.69, 9.17) is 0 Å². The van der Waals surface area contributed by atoms with Crippen LogP contribution in [0.4, 0.5) is 25.3 Å². The van der Waals surface area contributed by atoms with Crippen LogP contribution in [0.1, 0.15) is 31.2 Å². The summed E-state index contributed by atoms with van der Waals surface area (Å²) in [5, 5.41) is 20.5. The third-order valence-electron chi connectivity index (χ3n) is 3.45. The van der Waals surface area contributed by atoms with Crippen molar-refractivity contribution in [1.82, 2.24) is 14.9 Å². The fourth-order valence-corrected chi connectivity index (χ4v) is 3.29. The number of alkyl halides is 2. The molecule has 1 aliphatic carbocycles. The van der Waals surface area contributed by atoms with Gasteiger partial charge in [-0.2, -0.15) is 0 Å². The monoisotopic (exact) mass is 373 g/mol. The fraction of sp³-hybridized carbons (Fsp3) is 0.385. The van der Waals surface area contributed by atoms with Gasteiger partial charge in [0.25, 0.3) is 12.1 Å². The minimum Gasteiger partial charge on any atom is -0.324 e. The van der Waals surface area contributed by atoms with Crippen molar-refractivity contribution in [3.8, 4) is 0 Å². The van der Waals surface area contributed by atoms with Gasteiger partial charge in [0.05, 0.1) is 4.92 Å². The molecule has 0 atom stereocenters. The van der Waals surface area contributed by atoms with Crippen LogP contribution in [0, 0.1) is 10.1 Å². The summed E-state index contributed by atoms with van der Waals surface area (Å²) < 4.78 is 28.4. The lowest BCUT2D eigenvalue weighted by atomic mass is 10.3. The van der Waals surface area contributed by atoms with Crippen molar-refractivity contribution in [2.45, 2.75) is 36.6 Å². The summed E-state index contributed by atoms with van der Waals surface area (Å²) in [4.78, 5) is 11.4. The maximum absolute atomic E-state index is 12.6. The molecule has 2 aromatic rings. The Balaban J connectivity index is 1.80. The molecule has 1 fully saturated rings. The molecule has 3 rings (SSSR count). The van der Waals surface area contributed by atoms with Crippen LogP contribution >= 0.6 is 23.3 Å². The highest BCUT2D eigenvalue weighted by atomic mass is 32.2. The lowest BCUT2D eigenvalue weighted by Crippen LogP contribution is -2.19. The van der Waals surface area contributed by atoms with Crippen LogP contribution < -0.4 is 10.0 Å². The number of nitrogens with zero attached hydrogens (tertiary/aromatic N) is 3. The molecule has 0 amide bonds. The lowest BCUT2D eigenvalue weighted by molar-refractivity contribution is -0.384. The molecule has 24 heavy (non-hydrogen) atoms. The van der Waals surface area contributed by atoms with Gasteiger partial charge in [0.2, 0.25) is 5.13 Å². The van der Waals surface area contributed by atoms with Gasteiger partial charge in [0, 0.05) is 16.5 Å². The summed E-state index contributed by atoms with van der Waals surface area (Å²) in [6.45, 7) is 2.09. The average Bonchev–Trinajstić information content (AvgIpc) is 3.07. The molecule has 0 saturated heterocycles. The topological polar surface area (TPSA) is 93.0 Å². The first-order valence-corrected chi connectivity index (χ1v) is 8.61. The number of halogens is 2. The Hall–Kier alpha value is -1.85. The second kappa shape index (κ2) is 6.57. The average molecular weight is 373 g/mol. The molecular formula is C13H13F2N5O2S2. The Morgan fingerprint density at radius 3 is 2.75 bits per heavy atom. The van der Waals surface area contributed by atoms with E-state index in [2.05, 4.69) is 27.2 Å². The highest BCUT2D eigenvalue weighted by Crippen LogP contribution is 2.39. The number of rotatable bonds is 7. The maximum Gasteiger partial charge on any atom is 0.292 e. The third-order valence-corrected chi connectivity index (χ3v) is 5.38. The Bertz CT molecular complexity index is 767. The van der Waals surface area contributed by atoms with E-state index in [1.165, 1.54) is 18.0 Å². The van der Waals surface area contributed by atoms with Crippen molar-refractivity contribution < 1.29 is 13.7 Å². The molecular weight excluding hydrogens is 360 g/mol. The maximum atomic E-state index is 12.6. The molecule has 1 aromatic carbocycles. The predicted molar refractivity (Wildman–Crippen MR) is 87.9 cm³/mol. The second-order valence-electron chi connectivity index (χ2n) is 5.57. The van der Waals surface area contributed by atoms with E-state index in [-0.39, 0.29) is 22.0 Å². The van der Waals surface area contributed by atoms with Gasteiger partial charge in [-0.25, -0.2) is 8.78 Å². The molecule has 1 aromatic heterocycles. The van der Waals surface area contributed by atoms with E-state index in [0.717, 1.165) is 17.7 Å². The molecule has 0 spiro atoms. The van der Waals surface area contributed by atoms with Crippen molar-refractivity contribution in [1.29, 1.82) is 0 Å². The lowest BCUT2D eigenvalue weighted by Gasteiger charge is -2.11. The zero-order chi connectivity index (χ0) is 17.3. The van der Waals surface area contributed by atoms with Crippen LogP contribution in [0.2, 0.25) is 0 Å². The van der Waals surface area contributed by atoms with Crippen molar-refractivity contribution in [2.75, 3.05) is 5.32 Å². The minimum absolute atomic E-state index is 0.0812. The van der Waals surface area contributed by atoms with Crippen molar-refractivity contribution >= 4 is 39.8 Å². The Labute approximate surface area is 144 Å². The van der Waals surface area contributed by atoms with Crippen molar-refractivity contribution in [2.24, 2.45) is 0 Å². The first kappa shape index (κ1) is 17.0. The number of anilines is 2. The highest BCUT2D eigenvalue weighted by Gasteiger charge is 2.37. The SMILES string of the molecule is CC1(NSc2ccc([N+](=O)[O-])c(Nc3nnc(C(F)F)s3)c2)CC1. The van der Waals surface area contributed by atoms with Crippen LogP contribution in [-0.4, -0.2) is 20.7 Å². The van der Waals surface area contributed by atoms with Gasteiger partial charge in [-0.15, -0.1) is 10.2 Å². The standard InChI is InChI=1S/C13H13F2N5O2S2/c1-13(4-5-13)19-24-7-2-3-9(20(21)22)8(6-7)16-12-18-17-11(23-12)10(14)15/h2-3,6,10,19H,4-5H2,1H3,(H,16,18). The molecule has 0 radical (unpaired) electrons. The number of hydrogen-bond donors (Lipinski definition) is 2. The summed E-state index contributed by atoms with van der Waals surface area (Å²) in [6, 6.07) is 4.60. The Morgan fingerprint density at radius 1 is 1.42 bits per heavy atom. The van der Waals surface area contributed by atoms with Crippen LogP contribution in [0.15, 0.2) is 23.1 Å². The van der Waals surface area contributed by atoms with Crippen molar-refractivity contribution in [3.05, 3.63) is 33.3 Å². The quantitative estimate of drug-likeness (QED) is 0.425. The van der Waals surface area contributed by atoms with Gasteiger partial charge in [0.1, 0.15) is 5.69 Å². The Kier molecular flexibility index (Phi) is 4.65. The van der Waals surface area contributed by atoms with Crippen LogP contribution in [0.25, 0.3) is 0 Å². The van der Waals surface area contributed by atoms with E-state index in [1.54, 1.807) is 12.1 Å². The normalized spacial score (nSPS) is 15.5.